The number of nitrogens with one attached hydrogen (secondary N) is 2. The lowest BCUT2D eigenvalue weighted by atomic mass is 10.1. The van der Waals surface area contributed by atoms with E-state index in [-0.39, 0.29) is 5.91 Å². The van der Waals surface area contributed by atoms with Crippen molar-refractivity contribution in [3.8, 4) is 6.07 Å². The number of benzene rings is 2. The van der Waals surface area contributed by atoms with Crippen LogP contribution in [0.5, 0.6) is 0 Å². The molecule has 0 unspecified atom stereocenters. The molecule has 128 valence electrons. The zero-order chi connectivity index (χ0) is 18.5. The third kappa shape index (κ3) is 3.70. The molecule has 1 amide bonds. The van der Waals surface area contributed by atoms with Gasteiger partial charge in [-0.1, -0.05) is 24.3 Å². The number of pyridine rings is 1. The van der Waals surface area contributed by atoms with Crippen LogP contribution >= 0.6 is 0 Å². The summed E-state index contributed by atoms with van der Waals surface area (Å²) in [5.41, 5.74) is 5.20. The third-order valence-electron chi connectivity index (χ3n) is 4.18. The van der Waals surface area contributed by atoms with Gasteiger partial charge in [-0.05, 0) is 49.2 Å². The van der Waals surface area contributed by atoms with Gasteiger partial charge in [0.05, 0.1) is 28.7 Å². The lowest BCUT2D eigenvalue weighted by Gasteiger charge is -2.12. The van der Waals surface area contributed by atoms with Gasteiger partial charge in [0.15, 0.2) is 0 Å². The number of anilines is 3. The van der Waals surface area contributed by atoms with Crippen LogP contribution in [0.25, 0.3) is 0 Å². The smallest absolute Gasteiger partial charge is 0.257 e. The molecule has 0 aliphatic rings. The first kappa shape index (κ1) is 17.2. The van der Waals surface area contributed by atoms with Gasteiger partial charge in [0.2, 0.25) is 0 Å². The molecule has 1 heterocycles. The highest BCUT2D eigenvalue weighted by molar-refractivity contribution is 6.05. The van der Waals surface area contributed by atoms with Crippen LogP contribution in [0, 0.1) is 25.2 Å². The molecule has 26 heavy (non-hydrogen) atoms. The maximum Gasteiger partial charge on any atom is 0.257 e. The minimum atomic E-state index is -0.233. The predicted molar refractivity (Wildman–Crippen MR) is 103 cm³/mol. The van der Waals surface area contributed by atoms with E-state index >= 15 is 0 Å². The van der Waals surface area contributed by atoms with Crippen LogP contribution < -0.4 is 10.6 Å². The summed E-state index contributed by atoms with van der Waals surface area (Å²) in [7, 11) is 0. The van der Waals surface area contributed by atoms with E-state index in [0.717, 1.165) is 16.8 Å². The number of nitrogens with zero attached hydrogens (tertiary/aromatic N) is 2. The Morgan fingerprint density at radius 3 is 2.62 bits per heavy atom. The normalized spacial score (nSPS) is 10.0. The number of carbonyl (C=O) groups is 1. The number of carbonyl (C=O) groups excluding carboxylic acids is 1. The largest absolute Gasteiger partial charge is 0.353 e. The fourth-order valence-electron chi connectivity index (χ4n) is 2.56. The molecule has 0 radical (unpaired) electrons. The van der Waals surface area contributed by atoms with Crippen LogP contribution in [0.3, 0.4) is 0 Å². The predicted octanol–water partition coefficient (Wildman–Crippen LogP) is 4.57. The number of hydrogen-bond acceptors (Lipinski definition) is 4. The molecule has 1 aromatic heterocycles. The Labute approximate surface area is 152 Å². The summed E-state index contributed by atoms with van der Waals surface area (Å²) < 4.78 is 0. The summed E-state index contributed by atoms with van der Waals surface area (Å²) in [5.74, 6) is -0.233. The Morgan fingerprint density at radius 1 is 1.04 bits per heavy atom. The average Bonchev–Trinajstić information content (AvgIpc) is 2.66. The van der Waals surface area contributed by atoms with Crippen molar-refractivity contribution in [2.24, 2.45) is 0 Å². The molecule has 0 saturated carbocycles. The molecule has 0 atom stereocenters. The maximum absolute atomic E-state index is 12.6. The van der Waals surface area contributed by atoms with Gasteiger partial charge in [0.25, 0.3) is 5.91 Å². The Morgan fingerprint density at radius 2 is 1.81 bits per heavy atom. The van der Waals surface area contributed by atoms with Crippen molar-refractivity contribution in [1.82, 2.24) is 4.98 Å². The zero-order valence-electron chi connectivity index (χ0n) is 14.6. The molecule has 0 aliphatic heterocycles. The minimum Gasteiger partial charge on any atom is -0.353 e. The van der Waals surface area contributed by atoms with Gasteiger partial charge < -0.3 is 10.6 Å². The van der Waals surface area contributed by atoms with E-state index in [9.17, 15) is 10.1 Å². The lowest BCUT2D eigenvalue weighted by molar-refractivity contribution is 0.102. The van der Waals surface area contributed by atoms with Crippen molar-refractivity contribution in [3.63, 3.8) is 0 Å². The van der Waals surface area contributed by atoms with Crippen molar-refractivity contribution >= 4 is 23.0 Å². The topological polar surface area (TPSA) is 77.8 Å². The van der Waals surface area contributed by atoms with Crippen LogP contribution in [-0.4, -0.2) is 10.9 Å². The molecule has 5 heteroatoms. The molecule has 0 saturated heterocycles. The number of para-hydroxylation sites is 1. The van der Waals surface area contributed by atoms with Crippen LogP contribution in [-0.2, 0) is 0 Å². The molecule has 3 aromatic rings. The average molecular weight is 342 g/mol. The summed E-state index contributed by atoms with van der Waals surface area (Å²) in [6.45, 7) is 3.98. The molecular weight excluding hydrogens is 324 g/mol. The summed E-state index contributed by atoms with van der Waals surface area (Å²) in [4.78, 5) is 16.7. The van der Waals surface area contributed by atoms with E-state index in [1.54, 1.807) is 30.5 Å². The highest BCUT2D eigenvalue weighted by Gasteiger charge is 2.10. The molecule has 0 bridgehead atoms. The highest BCUT2D eigenvalue weighted by atomic mass is 16.1. The van der Waals surface area contributed by atoms with E-state index in [4.69, 9.17) is 0 Å². The molecule has 2 N–H and O–H groups in total. The molecule has 2 aromatic carbocycles. The Balaban J connectivity index is 1.82. The van der Waals surface area contributed by atoms with Gasteiger partial charge >= 0.3 is 0 Å². The van der Waals surface area contributed by atoms with Crippen LogP contribution in [0.2, 0.25) is 0 Å². The highest BCUT2D eigenvalue weighted by Crippen LogP contribution is 2.22. The SMILES string of the molecule is Cc1cccc(NC(=O)c2cncc(Nc3ccccc3C#N)c2)c1C. The second-order valence-corrected chi connectivity index (χ2v) is 5.95. The summed E-state index contributed by atoms with van der Waals surface area (Å²) in [6, 6.07) is 16.8. The van der Waals surface area contributed by atoms with Crippen molar-refractivity contribution < 1.29 is 4.79 Å². The molecule has 0 aliphatic carbocycles. The maximum atomic E-state index is 12.6. The van der Waals surface area contributed by atoms with E-state index in [0.29, 0.717) is 22.5 Å². The first-order valence-electron chi connectivity index (χ1n) is 8.17. The molecular formula is C21H18N4O. The van der Waals surface area contributed by atoms with Gasteiger partial charge in [-0.15, -0.1) is 0 Å². The van der Waals surface area contributed by atoms with Crippen LogP contribution in [0.4, 0.5) is 17.1 Å². The van der Waals surface area contributed by atoms with Crippen LogP contribution in [0.1, 0.15) is 27.0 Å². The van der Waals surface area contributed by atoms with E-state index in [1.807, 2.05) is 38.1 Å². The number of nitriles is 1. The zero-order valence-corrected chi connectivity index (χ0v) is 14.6. The summed E-state index contributed by atoms with van der Waals surface area (Å²) >= 11 is 0. The molecule has 0 spiro atoms. The van der Waals surface area contributed by atoms with Gasteiger partial charge in [-0.2, -0.15) is 5.26 Å². The number of amides is 1. The fraction of sp³-hybridized carbons (Fsp3) is 0.0952. The van der Waals surface area contributed by atoms with Gasteiger partial charge in [0.1, 0.15) is 6.07 Å². The van der Waals surface area contributed by atoms with Gasteiger partial charge in [-0.3, -0.25) is 9.78 Å². The standard InChI is InChI=1S/C21H18N4O/c1-14-6-5-9-19(15(14)2)25-21(26)17-10-18(13-23-12-17)24-20-8-4-3-7-16(20)11-22/h3-10,12-13,24H,1-2H3,(H,25,26). The van der Waals surface area contributed by atoms with Gasteiger partial charge in [0, 0.05) is 11.9 Å². The molecule has 3 rings (SSSR count). The quantitative estimate of drug-likeness (QED) is 0.728. The minimum absolute atomic E-state index is 0.233. The monoisotopic (exact) mass is 342 g/mol. The Hall–Kier alpha value is -3.65. The first-order valence-corrected chi connectivity index (χ1v) is 8.17. The number of aromatic nitrogens is 1. The van der Waals surface area contributed by atoms with E-state index in [2.05, 4.69) is 21.7 Å². The summed E-state index contributed by atoms with van der Waals surface area (Å²) in [6.07, 6.45) is 3.13. The Bertz CT molecular complexity index is 1000. The van der Waals surface area contributed by atoms with Crippen molar-refractivity contribution in [2.75, 3.05) is 10.6 Å². The second-order valence-electron chi connectivity index (χ2n) is 5.95. The van der Waals surface area contributed by atoms with Crippen LogP contribution in [0.15, 0.2) is 60.9 Å². The second kappa shape index (κ2) is 7.49. The first-order chi connectivity index (χ1) is 12.6. The van der Waals surface area contributed by atoms with Crippen molar-refractivity contribution in [3.05, 3.63) is 83.2 Å². The molecule has 5 nitrogen and oxygen atoms in total. The van der Waals surface area contributed by atoms with Gasteiger partial charge in [-0.25, -0.2) is 0 Å². The third-order valence-corrected chi connectivity index (χ3v) is 4.18. The number of rotatable bonds is 4. The molecule has 0 fully saturated rings. The van der Waals surface area contributed by atoms with Crippen molar-refractivity contribution in [1.29, 1.82) is 5.26 Å². The fourth-order valence-corrected chi connectivity index (χ4v) is 2.56. The number of aryl methyl sites for hydroxylation is 1. The van der Waals surface area contributed by atoms with Crippen molar-refractivity contribution in [2.45, 2.75) is 13.8 Å². The summed E-state index contributed by atoms with van der Waals surface area (Å²) in [5, 5.41) is 15.2. The van der Waals surface area contributed by atoms with E-state index < -0.39 is 0 Å². The lowest BCUT2D eigenvalue weighted by Crippen LogP contribution is -2.13. The van der Waals surface area contributed by atoms with E-state index in [1.165, 1.54) is 6.20 Å². The number of hydrogen-bond donors (Lipinski definition) is 2. The Kier molecular flexibility index (Phi) is 4.95.